The molecular formula is C17H22ClN3O2. The quantitative estimate of drug-likeness (QED) is 0.787. The Morgan fingerprint density at radius 2 is 1.91 bits per heavy atom. The van der Waals surface area contributed by atoms with Crippen LogP contribution in [0.15, 0.2) is 18.2 Å². The van der Waals surface area contributed by atoms with Gasteiger partial charge in [-0.25, -0.2) is 4.79 Å². The van der Waals surface area contributed by atoms with Crippen LogP contribution in [0.1, 0.15) is 49.4 Å². The van der Waals surface area contributed by atoms with Crippen LogP contribution in [0.25, 0.3) is 0 Å². The molecule has 0 heterocycles. The lowest BCUT2D eigenvalue weighted by molar-refractivity contribution is 0.0951. The lowest BCUT2D eigenvalue weighted by Gasteiger charge is -2.18. The number of anilines is 1. The van der Waals surface area contributed by atoms with Crippen molar-refractivity contribution >= 4 is 29.2 Å². The molecule has 0 aliphatic heterocycles. The van der Waals surface area contributed by atoms with Crippen molar-refractivity contribution in [3.05, 3.63) is 28.8 Å². The second-order valence-corrected chi connectivity index (χ2v) is 6.96. The number of nitrogens with one attached hydrogen (secondary N) is 3. The molecule has 3 N–H and O–H groups in total. The normalized spacial score (nSPS) is 23.4. The van der Waals surface area contributed by atoms with E-state index in [1.54, 1.807) is 18.2 Å². The predicted molar refractivity (Wildman–Crippen MR) is 90.9 cm³/mol. The van der Waals surface area contributed by atoms with Gasteiger partial charge in [-0.2, -0.15) is 0 Å². The van der Waals surface area contributed by atoms with Gasteiger partial charge in [-0.3, -0.25) is 4.79 Å². The average Bonchev–Trinajstić information content (AvgIpc) is 3.21. The van der Waals surface area contributed by atoms with Crippen LogP contribution >= 0.6 is 11.6 Å². The minimum absolute atomic E-state index is 0.159. The van der Waals surface area contributed by atoms with E-state index in [0.717, 1.165) is 32.1 Å². The van der Waals surface area contributed by atoms with E-state index in [4.69, 9.17) is 11.6 Å². The van der Waals surface area contributed by atoms with Crippen LogP contribution in [0.5, 0.6) is 0 Å². The molecule has 2 fully saturated rings. The molecule has 3 amide bonds. The van der Waals surface area contributed by atoms with Crippen molar-refractivity contribution in [1.29, 1.82) is 0 Å². The van der Waals surface area contributed by atoms with Crippen LogP contribution in [0.2, 0.25) is 5.02 Å². The Hall–Kier alpha value is -1.75. The maximum atomic E-state index is 12.1. The molecule has 6 heteroatoms. The zero-order chi connectivity index (χ0) is 16.4. The highest BCUT2D eigenvalue weighted by Crippen LogP contribution is 2.26. The minimum atomic E-state index is -0.227. The van der Waals surface area contributed by atoms with E-state index in [1.165, 1.54) is 0 Å². The van der Waals surface area contributed by atoms with E-state index in [1.807, 2.05) is 0 Å². The number of urea groups is 1. The summed E-state index contributed by atoms with van der Waals surface area (Å²) in [6.45, 7) is 2.15. The van der Waals surface area contributed by atoms with Gasteiger partial charge in [0, 0.05) is 17.8 Å². The van der Waals surface area contributed by atoms with Gasteiger partial charge in [-0.1, -0.05) is 24.9 Å². The van der Waals surface area contributed by atoms with Gasteiger partial charge in [0.25, 0.3) is 5.91 Å². The smallest absolute Gasteiger partial charge is 0.319 e. The molecule has 0 spiro atoms. The monoisotopic (exact) mass is 335 g/mol. The summed E-state index contributed by atoms with van der Waals surface area (Å²) in [6, 6.07) is 5.25. The number of hydrogen-bond acceptors (Lipinski definition) is 2. The van der Waals surface area contributed by atoms with Crippen molar-refractivity contribution in [2.24, 2.45) is 5.92 Å². The molecule has 1 aromatic rings. The Morgan fingerprint density at radius 3 is 2.52 bits per heavy atom. The fraction of sp³-hybridized carbons (Fsp3) is 0.529. The molecule has 23 heavy (non-hydrogen) atoms. The first kappa shape index (κ1) is 16.1. The highest BCUT2D eigenvalue weighted by Gasteiger charge is 2.26. The summed E-state index contributed by atoms with van der Waals surface area (Å²) in [7, 11) is 0. The van der Waals surface area contributed by atoms with Crippen LogP contribution in [0.4, 0.5) is 10.5 Å². The molecule has 2 saturated carbocycles. The zero-order valence-electron chi connectivity index (χ0n) is 13.2. The number of carbonyl (C=O) groups excluding carboxylic acids is 2. The molecule has 0 aromatic heterocycles. The summed E-state index contributed by atoms with van der Waals surface area (Å²) in [4.78, 5) is 24.1. The molecule has 1 aromatic carbocycles. The van der Waals surface area contributed by atoms with Crippen molar-refractivity contribution < 1.29 is 9.59 Å². The summed E-state index contributed by atoms with van der Waals surface area (Å²) >= 11 is 6.17. The maximum Gasteiger partial charge on any atom is 0.319 e. The number of amides is 3. The number of halogens is 1. The molecule has 2 atom stereocenters. The predicted octanol–water partition coefficient (Wildman–Crippen LogP) is 3.54. The number of benzene rings is 1. The summed E-state index contributed by atoms with van der Waals surface area (Å²) in [5.74, 6) is 0.353. The van der Waals surface area contributed by atoms with Crippen LogP contribution in [0.3, 0.4) is 0 Å². The Balaban J connectivity index is 1.58. The molecule has 2 aliphatic carbocycles. The third-order valence-electron chi connectivity index (χ3n) is 4.56. The van der Waals surface area contributed by atoms with Gasteiger partial charge in [0.05, 0.1) is 10.6 Å². The van der Waals surface area contributed by atoms with E-state index in [-0.39, 0.29) is 24.0 Å². The first-order chi connectivity index (χ1) is 11.0. The maximum absolute atomic E-state index is 12.1. The number of rotatable bonds is 4. The molecule has 0 radical (unpaired) electrons. The molecule has 124 valence electrons. The summed E-state index contributed by atoms with van der Waals surface area (Å²) in [6.07, 6.45) is 5.39. The third-order valence-corrected chi connectivity index (χ3v) is 4.87. The summed E-state index contributed by atoms with van der Waals surface area (Å²) in [5, 5.41) is 9.02. The summed E-state index contributed by atoms with van der Waals surface area (Å²) in [5.41, 5.74) is 1.02. The van der Waals surface area contributed by atoms with Crippen molar-refractivity contribution in [3.8, 4) is 0 Å². The SMILES string of the molecule is CC1CCCC1NC(=O)Nc1ccc(C(=O)NC2CC2)c(Cl)c1. The molecule has 2 aliphatic rings. The van der Waals surface area contributed by atoms with Gasteiger partial charge in [-0.15, -0.1) is 0 Å². The minimum Gasteiger partial charge on any atom is -0.349 e. The first-order valence-corrected chi connectivity index (χ1v) is 8.58. The van der Waals surface area contributed by atoms with Crippen LogP contribution in [0, 0.1) is 5.92 Å². The molecule has 0 bridgehead atoms. The number of carbonyl (C=O) groups is 2. The Labute approximate surface area is 141 Å². The fourth-order valence-corrected chi connectivity index (χ4v) is 3.23. The Morgan fingerprint density at radius 1 is 1.13 bits per heavy atom. The van der Waals surface area contributed by atoms with E-state index >= 15 is 0 Å². The lowest BCUT2D eigenvalue weighted by Crippen LogP contribution is -2.39. The van der Waals surface area contributed by atoms with Gasteiger partial charge < -0.3 is 16.0 Å². The van der Waals surface area contributed by atoms with Gasteiger partial charge in [0.1, 0.15) is 0 Å². The topological polar surface area (TPSA) is 70.2 Å². The molecular weight excluding hydrogens is 314 g/mol. The average molecular weight is 336 g/mol. The van der Waals surface area contributed by atoms with Gasteiger partial charge >= 0.3 is 6.03 Å². The van der Waals surface area contributed by atoms with E-state index in [9.17, 15) is 9.59 Å². The van der Waals surface area contributed by atoms with E-state index in [0.29, 0.717) is 22.2 Å². The largest absolute Gasteiger partial charge is 0.349 e. The molecule has 5 nitrogen and oxygen atoms in total. The standard InChI is InChI=1S/C17H22ClN3O2/c1-10-3-2-4-15(10)21-17(23)20-12-7-8-13(14(18)9-12)16(22)19-11-5-6-11/h7-11,15H,2-6H2,1H3,(H,19,22)(H2,20,21,23). The van der Waals surface area contributed by atoms with Crippen molar-refractivity contribution in [2.75, 3.05) is 5.32 Å². The van der Waals surface area contributed by atoms with Crippen LogP contribution < -0.4 is 16.0 Å². The Bertz CT molecular complexity index is 616. The van der Waals surface area contributed by atoms with Crippen molar-refractivity contribution in [3.63, 3.8) is 0 Å². The van der Waals surface area contributed by atoms with E-state index in [2.05, 4.69) is 22.9 Å². The van der Waals surface area contributed by atoms with Gasteiger partial charge in [0.2, 0.25) is 0 Å². The van der Waals surface area contributed by atoms with E-state index < -0.39 is 0 Å². The van der Waals surface area contributed by atoms with Gasteiger partial charge in [-0.05, 0) is 49.8 Å². The van der Waals surface area contributed by atoms with Crippen molar-refractivity contribution in [2.45, 2.75) is 51.1 Å². The fourth-order valence-electron chi connectivity index (χ4n) is 2.96. The molecule has 2 unspecified atom stereocenters. The Kier molecular flexibility index (Phi) is 4.76. The highest BCUT2D eigenvalue weighted by atomic mass is 35.5. The number of hydrogen-bond donors (Lipinski definition) is 3. The second kappa shape index (κ2) is 6.79. The molecule has 3 rings (SSSR count). The summed E-state index contributed by atoms with van der Waals surface area (Å²) < 4.78 is 0. The zero-order valence-corrected chi connectivity index (χ0v) is 14.0. The third kappa shape index (κ3) is 4.16. The first-order valence-electron chi connectivity index (χ1n) is 8.21. The molecule has 0 saturated heterocycles. The van der Waals surface area contributed by atoms with Crippen LogP contribution in [-0.2, 0) is 0 Å². The van der Waals surface area contributed by atoms with Gasteiger partial charge in [0.15, 0.2) is 0 Å². The highest BCUT2D eigenvalue weighted by molar-refractivity contribution is 6.34. The van der Waals surface area contributed by atoms with Crippen molar-refractivity contribution in [1.82, 2.24) is 10.6 Å². The lowest BCUT2D eigenvalue weighted by atomic mass is 10.1. The second-order valence-electron chi connectivity index (χ2n) is 6.56. The van der Waals surface area contributed by atoms with Crippen LogP contribution in [-0.4, -0.2) is 24.0 Å².